The first kappa shape index (κ1) is 12.6. The van der Waals surface area contributed by atoms with Crippen LogP contribution < -0.4 is 5.32 Å². The third-order valence-electron chi connectivity index (χ3n) is 3.55. The van der Waals surface area contributed by atoms with E-state index in [1.807, 2.05) is 0 Å². The summed E-state index contributed by atoms with van der Waals surface area (Å²) in [6.07, 6.45) is 4.52. The van der Waals surface area contributed by atoms with Crippen LogP contribution in [0.1, 0.15) is 31.7 Å². The van der Waals surface area contributed by atoms with Gasteiger partial charge in [-0.3, -0.25) is 0 Å². The minimum atomic E-state index is -0.130. The molecule has 0 aliphatic heterocycles. The Balaban J connectivity index is 1.61. The molecule has 0 heterocycles. The van der Waals surface area contributed by atoms with E-state index >= 15 is 0 Å². The van der Waals surface area contributed by atoms with E-state index in [1.165, 1.54) is 18.4 Å². The van der Waals surface area contributed by atoms with E-state index in [4.69, 9.17) is 0 Å². The molecular formula is C15H23NO. The van der Waals surface area contributed by atoms with Crippen molar-refractivity contribution in [1.29, 1.82) is 0 Å². The second-order valence-electron chi connectivity index (χ2n) is 5.24. The third-order valence-corrected chi connectivity index (χ3v) is 3.55. The zero-order valence-electron chi connectivity index (χ0n) is 10.6. The fourth-order valence-electron chi connectivity index (χ4n) is 2.10. The molecule has 2 nitrogen and oxygen atoms in total. The summed E-state index contributed by atoms with van der Waals surface area (Å²) in [4.78, 5) is 0. The lowest BCUT2D eigenvalue weighted by molar-refractivity contribution is 0.145. The minimum Gasteiger partial charge on any atom is -0.392 e. The van der Waals surface area contributed by atoms with Gasteiger partial charge in [-0.1, -0.05) is 30.3 Å². The highest BCUT2D eigenvalue weighted by molar-refractivity contribution is 5.14. The fraction of sp³-hybridized carbons (Fsp3) is 0.600. The normalized spacial score (nSPS) is 18.9. The van der Waals surface area contributed by atoms with E-state index in [9.17, 15) is 5.11 Å². The SMILES string of the molecule is CC(CCc1ccccc1)NCC(O)C1CC1. The number of nitrogens with one attached hydrogen (secondary N) is 1. The van der Waals surface area contributed by atoms with E-state index in [2.05, 4.69) is 42.6 Å². The molecule has 1 aromatic rings. The maximum atomic E-state index is 9.76. The van der Waals surface area contributed by atoms with Crippen LogP contribution in [0.15, 0.2) is 30.3 Å². The summed E-state index contributed by atoms with van der Waals surface area (Å²) < 4.78 is 0. The molecule has 1 aromatic carbocycles. The maximum Gasteiger partial charge on any atom is 0.0692 e. The summed E-state index contributed by atoms with van der Waals surface area (Å²) in [5.41, 5.74) is 1.39. The zero-order chi connectivity index (χ0) is 12.1. The van der Waals surface area contributed by atoms with Crippen molar-refractivity contribution in [2.75, 3.05) is 6.54 Å². The highest BCUT2D eigenvalue weighted by Gasteiger charge is 2.29. The second kappa shape index (κ2) is 6.18. The average Bonchev–Trinajstić information content (AvgIpc) is 3.19. The van der Waals surface area contributed by atoms with Gasteiger partial charge in [-0.15, -0.1) is 0 Å². The van der Waals surface area contributed by atoms with Gasteiger partial charge in [-0.25, -0.2) is 0 Å². The quantitative estimate of drug-likeness (QED) is 0.758. The van der Waals surface area contributed by atoms with Gasteiger partial charge in [0.15, 0.2) is 0 Å². The molecule has 2 atom stereocenters. The van der Waals surface area contributed by atoms with Gasteiger partial charge in [0.2, 0.25) is 0 Å². The monoisotopic (exact) mass is 233 g/mol. The molecule has 94 valence electrons. The number of aliphatic hydroxyl groups excluding tert-OH is 1. The van der Waals surface area contributed by atoms with Crippen molar-refractivity contribution in [2.45, 2.75) is 44.8 Å². The van der Waals surface area contributed by atoms with Gasteiger partial charge in [0, 0.05) is 12.6 Å². The molecule has 0 aromatic heterocycles. The molecule has 1 aliphatic carbocycles. The van der Waals surface area contributed by atoms with Gasteiger partial charge >= 0.3 is 0 Å². The van der Waals surface area contributed by atoms with Crippen LogP contribution in [-0.2, 0) is 6.42 Å². The first-order valence-corrected chi connectivity index (χ1v) is 6.71. The molecule has 1 aliphatic rings. The maximum absolute atomic E-state index is 9.76. The highest BCUT2D eigenvalue weighted by atomic mass is 16.3. The largest absolute Gasteiger partial charge is 0.392 e. The molecule has 1 fully saturated rings. The Morgan fingerprint density at radius 2 is 2.00 bits per heavy atom. The molecule has 2 unspecified atom stereocenters. The topological polar surface area (TPSA) is 32.3 Å². The number of hydrogen-bond donors (Lipinski definition) is 2. The van der Waals surface area contributed by atoms with E-state index in [0.717, 1.165) is 19.4 Å². The summed E-state index contributed by atoms with van der Waals surface area (Å²) in [6, 6.07) is 11.0. The minimum absolute atomic E-state index is 0.130. The van der Waals surface area contributed by atoms with Crippen LogP contribution in [0.2, 0.25) is 0 Å². The first-order chi connectivity index (χ1) is 8.25. The van der Waals surface area contributed by atoms with Crippen LogP contribution in [0.5, 0.6) is 0 Å². The lowest BCUT2D eigenvalue weighted by Crippen LogP contribution is -2.34. The van der Waals surface area contributed by atoms with Gasteiger partial charge in [-0.05, 0) is 44.1 Å². The van der Waals surface area contributed by atoms with Crippen LogP contribution in [0.4, 0.5) is 0 Å². The highest BCUT2D eigenvalue weighted by Crippen LogP contribution is 2.32. The summed E-state index contributed by atoms with van der Waals surface area (Å²) >= 11 is 0. The van der Waals surface area contributed by atoms with Crippen LogP contribution in [-0.4, -0.2) is 23.8 Å². The third kappa shape index (κ3) is 4.49. The molecule has 2 heteroatoms. The van der Waals surface area contributed by atoms with Gasteiger partial charge in [0.25, 0.3) is 0 Å². The number of aliphatic hydroxyl groups is 1. The Labute approximate surface area is 104 Å². The lowest BCUT2D eigenvalue weighted by Gasteiger charge is -2.16. The van der Waals surface area contributed by atoms with E-state index < -0.39 is 0 Å². The Morgan fingerprint density at radius 3 is 2.65 bits per heavy atom. The van der Waals surface area contributed by atoms with E-state index in [1.54, 1.807) is 0 Å². The van der Waals surface area contributed by atoms with Crippen molar-refractivity contribution in [3.8, 4) is 0 Å². The molecule has 0 amide bonds. The average molecular weight is 233 g/mol. The molecule has 1 saturated carbocycles. The number of benzene rings is 1. The standard InChI is InChI=1S/C15H23NO/c1-12(16-11-15(17)14-9-10-14)7-8-13-5-3-2-4-6-13/h2-6,12,14-17H,7-11H2,1H3. The van der Waals surface area contributed by atoms with Crippen LogP contribution in [0.25, 0.3) is 0 Å². The smallest absolute Gasteiger partial charge is 0.0692 e. The molecular weight excluding hydrogens is 210 g/mol. The second-order valence-corrected chi connectivity index (χ2v) is 5.24. The molecule has 0 saturated heterocycles. The van der Waals surface area contributed by atoms with Gasteiger partial charge in [0.05, 0.1) is 6.10 Å². The van der Waals surface area contributed by atoms with Crippen LogP contribution >= 0.6 is 0 Å². The summed E-state index contributed by atoms with van der Waals surface area (Å²) in [5, 5.41) is 13.2. The van der Waals surface area contributed by atoms with Gasteiger partial charge in [-0.2, -0.15) is 0 Å². The Morgan fingerprint density at radius 1 is 1.29 bits per heavy atom. The summed E-state index contributed by atoms with van der Waals surface area (Å²) in [5.74, 6) is 0.573. The van der Waals surface area contributed by atoms with E-state index in [-0.39, 0.29) is 6.10 Å². The molecule has 2 rings (SSSR count). The van der Waals surface area contributed by atoms with Crippen molar-refractivity contribution < 1.29 is 5.11 Å². The predicted octanol–water partition coefficient (Wildman–Crippen LogP) is 2.37. The van der Waals surface area contributed by atoms with Gasteiger partial charge in [0.1, 0.15) is 0 Å². The van der Waals surface area contributed by atoms with Crippen molar-refractivity contribution in [3.63, 3.8) is 0 Å². The summed E-state index contributed by atoms with van der Waals surface area (Å²) in [7, 11) is 0. The number of hydrogen-bond acceptors (Lipinski definition) is 2. The molecule has 0 spiro atoms. The first-order valence-electron chi connectivity index (χ1n) is 6.71. The van der Waals surface area contributed by atoms with Crippen molar-refractivity contribution in [1.82, 2.24) is 5.32 Å². The number of rotatable bonds is 7. The van der Waals surface area contributed by atoms with Crippen molar-refractivity contribution >= 4 is 0 Å². The van der Waals surface area contributed by atoms with Crippen molar-refractivity contribution in [2.24, 2.45) is 5.92 Å². The van der Waals surface area contributed by atoms with Crippen molar-refractivity contribution in [3.05, 3.63) is 35.9 Å². The summed E-state index contributed by atoms with van der Waals surface area (Å²) in [6.45, 7) is 2.95. The Bertz CT molecular complexity index is 321. The lowest BCUT2D eigenvalue weighted by atomic mass is 10.1. The molecule has 2 N–H and O–H groups in total. The fourth-order valence-corrected chi connectivity index (χ4v) is 2.10. The van der Waals surface area contributed by atoms with Gasteiger partial charge < -0.3 is 10.4 Å². The van der Waals surface area contributed by atoms with E-state index in [0.29, 0.717) is 12.0 Å². The van der Waals surface area contributed by atoms with Crippen LogP contribution in [0, 0.1) is 5.92 Å². The number of aryl methyl sites for hydroxylation is 1. The molecule has 0 bridgehead atoms. The molecule has 0 radical (unpaired) electrons. The predicted molar refractivity (Wildman–Crippen MR) is 71.0 cm³/mol. The Kier molecular flexibility index (Phi) is 4.57. The molecule has 17 heavy (non-hydrogen) atoms. The Hall–Kier alpha value is -0.860. The zero-order valence-corrected chi connectivity index (χ0v) is 10.6. The van der Waals surface area contributed by atoms with Crippen LogP contribution in [0.3, 0.4) is 0 Å².